The summed E-state index contributed by atoms with van der Waals surface area (Å²) in [6.07, 6.45) is 0.976. The van der Waals surface area contributed by atoms with Gasteiger partial charge in [0, 0.05) is 47.2 Å². The number of hydrogen-bond acceptors (Lipinski definition) is 7. The summed E-state index contributed by atoms with van der Waals surface area (Å²) < 4.78 is 32.7. The van der Waals surface area contributed by atoms with Gasteiger partial charge < -0.3 is 26.6 Å². The van der Waals surface area contributed by atoms with Gasteiger partial charge in [-0.05, 0) is 29.9 Å². The third-order valence-corrected chi connectivity index (χ3v) is 7.38. The van der Waals surface area contributed by atoms with E-state index < -0.39 is 18.3 Å². The second-order valence-corrected chi connectivity index (χ2v) is 12.8. The fourth-order valence-corrected chi connectivity index (χ4v) is 5.89. The van der Waals surface area contributed by atoms with Crippen LogP contribution in [0.15, 0.2) is 0 Å². The first-order valence-corrected chi connectivity index (χ1v) is 13.7. The Bertz CT molecular complexity index is 281. The molecule has 0 amide bonds. The Morgan fingerprint density at radius 2 is 1.04 bits per heavy atom. The second-order valence-electron chi connectivity index (χ2n) is 7.62. The first kappa shape index (κ1) is 29.7. The van der Waals surface area contributed by atoms with E-state index >= 15 is 0 Å². The van der Waals surface area contributed by atoms with Crippen molar-refractivity contribution in [2.75, 3.05) is 46.9 Å². The SMILES string of the molecule is CC(C)CO[Si](CCCS)(OCC(C)C)OCC(C)C.CO[SiH](OC)OC. The van der Waals surface area contributed by atoms with E-state index in [1.807, 2.05) is 0 Å². The topological polar surface area (TPSA) is 55.4 Å². The number of hydrogen-bond donors (Lipinski definition) is 1. The molecule has 0 unspecified atom stereocenters. The summed E-state index contributed by atoms with van der Waals surface area (Å²) in [5, 5.41) is 0. The van der Waals surface area contributed by atoms with E-state index in [0.29, 0.717) is 37.6 Å². The molecule has 0 spiro atoms. The van der Waals surface area contributed by atoms with Crippen LogP contribution in [0.25, 0.3) is 0 Å². The van der Waals surface area contributed by atoms with Crippen LogP contribution in [0, 0.1) is 17.8 Å². The van der Waals surface area contributed by atoms with E-state index in [1.54, 1.807) is 21.3 Å². The molecule has 0 aromatic carbocycles. The van der Waals surface area contributed by atoms with Crippen LogP contribution in [-0.4, -0.2) is 65.2 Å². The molecule has 0 aliphatic heterocycles. The molecule has 0 saturated heterocycles. The van der Waals surface area contributed by atoms with Crippen molar-refractivity contribution in [2.45, 2.75) is 54.0 Å². The van der Waals surface area contributed by atoms with Crippen LogP contribution < -0.4 is 0 Å². The van der Waals surface area contributed by atoms with E-state index in [2.05, 4.69) is 54.2 Å². The van der Waals surface area contributed by atoms with E-state index in [4.69, 9.17) is 26.6 Å². The lowest BCUT2D eigenvalue weighted by Gasteiger charge is -2.31. The van der Waals surface area contributed by atoms with Gasteiger partial charge in [-0.25, -0.2) is 0 Å². The van der Waals surface area contributed by atoms with Crippen LogP contribution in [0.2, 0.25) is 6.04 Å². The van der Waals surface area contributed by atoms with Gasteiger partial charge in [-0.1, -0.05) is 41.5 Å². The van der Waals surface area contributed by atoms with Gasteiger partial charge in [-0.2, -0.15) is 12.6 Å². The zero-order valence-corrected chi connectivity index (χ0v) is 22.0. The lowest BCUT2D eigenvalue weighted by atomic mass is 10.2. The molecule has 0 atom stereocenters. The van der Waals surface area contributed by atoms with Crippen LogP contribution in [0.3, 0.4) is 0 Å². The molecule has 6 nitrogen and oxygen atoms in total. The van der Waals surface area contributed by atoms with Crippen molar-refractivity contribution in [1.29, 1.82) is 0 Å². The number of thiol groups is 1. The average molecular weight is 445 g/mol. The Morgan fingerprint density at radius 3 is 1.22 bits per heavy atom. The Kier molecular flexibility index (Phi) is 20.5. The van der Waals surface area contributed by atoms with Gasteiger partial charge in [0.05, 0.1) is 0 Å². The highest BCUT2D eigenvalue weighted by molar-refractivity contribution is 7.80. The molecule has 0 bridgehead atoms. The smallest absolute Gasteiger partial charge is 0.379 e. The lowest BCUT2D eigenvalue weighted by Crippen LogP contribution is -2.48. The molecule has 0 aliphatic carbocycles. The highest BCUT2D eigenvalue weighted by Crippen LogP contribution is 2.21. The third kappa shape index (κ3) is 18.3. The van der Waals surface area contributed by atoms with Gasteiger partial charge in [-0.3, -0.25) is 0 Å². The normalized spacial score (nSPS) is 12.2. The summed E-state index contributed by atoms with van der Waals surface area (Å²) in [4.78, 5) is 0. The van der Waals surface area contributed by atoms with Crippen LogP contribution in [-0.2, 0) is 26.6 Å². The Morgan fingerprint density at radius 1 is 0.704 bits per heavy atom. The third-order valence-electron chi connectivity index (χ3n) is 3.13. The summed E-state index contributed by atoms with van der Waals surface area (Å²) in [5.74, 6) is 2.31. The molecule has 0 radical (unpaired) electrons. The summed E-state index contributed by atoms with van der Waals surface area (Å²) in [6, 6.07) is 0.864. The first-order valence-electron chi connectivity index (χ1n) is 9.77. The Labute approximate surface area is 176 Å². The minimum atomic E-state index is -2.55. The lowest BCUT2D eigenvalue weighted by molar-refractivity contribution is 0.0367. The van der Waals surface area contributed by atoms with E-state index in [9.17, 15) is 0 Å². The minimum absolute atomic E-state index is 0.489. The maximum Gasteiger partial charge on any atom is 0.501 e. The van der Waals surface area contributed by atoms with Crippen molar-refractivity contribution >= 4 is 31.0 Å². The van der Waals surface area contributed by atoms with Crippen LogP contribution in [0.5, 0.6) is 0 Å². The van der Waals surface area contributed by atoms with Gasteiger partial charge in [-0.15, -0.1) is 0 Å². The van der Waals surface area contributed by atoms with Gasteiger partial charge in [0.2, 0.25) is 0 Å². The largest absolute Gasteiger partial charge is 0.501 e. The van der Waals surface area contributed by atoms with E-state index in [0.717, 1.165) is 18.2 Å². The molecule has 0 aromatic heterocycles. The molecule has 0 saturated carbocycles. The highest BCUT2D eigenvalue weighted by Gasteiger charge is 2.41. The Balaban J connectivity index is 0. The van der Waals surface area contributed by atoms with Gasteiger partial charge in [0.15, 0.2) is 0 Å². The fraction of sp³-hybridized carbons (Fsp3) is 1.00. The summed E-state index contributed by atoms with van der Waals surface area (Å²) >= 11 is 4.31. The molecule has 9 heteroatoms. The molecule has 0 rings (SSSR count). The van der Waals surface area contributed by atoms with E-state index in [1.165, 1.54) is 0 Å². The quantitative estimate of drug-likeness (QED) is 0.305. The molecule has 0 aromatic rings. The maximum atomic E-state index is 6.15. The predicted octanol–water partition coefficient (Wildman–Crippen LogP) is 3.91. The van der Waals surface area contributed by atoms with Gasteiger partial charge in [0.1, 0.15) is 0 Å². The number of rotatable bonds is 15. The zero-order valence-electron chi connectivity index (χ0n) is 18.9. The summed E-state index contributed by atoms with van der Waals surface area (Å²) in [5.41, 5.74) is 0. The highest BCUT2D eigenvalue weighted by atomic mass is 32.1. The van der Waals surface area contributed by atoms with E-state index in [-0.39, 0.29) is 0 Å². The molecule has 0 fully saturated rings. The molecular weight excluding hydrogens is 400 g/mol. The molecule has 166 valence electrons. The van der Waals surface area contributed by atoms with Crippen molar-refractivity contribution in [3.8, 4) is 0 Å². The second kappa shape index (κ2) is 18.6. The molecule has 0 N–H and O–H groups in total. The standard InChI is InChI=1S/C15H34O3SSi.C3H10O3Si/c1-13(2)10-16-20(9-7-8-19,17-11-14(3)4)18-12-15(5)6;1-4-7(5-2)6-3/h13-15,19H,7-12H2,1-6H3;7H,1-3H3. The van der Waals surface area contributed by atoms with Crippen LogP contribution in [0.1, 0.15) is 48.0 Å². The predicted molar refractivity (Wildman–Crippen MR) is 120 cm³/mol. The summed E-state index contributed by atoms with van der Waals surface area (Å²) in [6.45, 7) is 15.0. The van der Waals surface area contributed by atoms with Crippen molar-refractivity contribution in [3.05, 3.63) is 0 Å². The van der Waals surface area contributed by atoms with Crippen LogP contribution >= 0.6 is 12.6 Å². The maximum absolute atomic E-state index is 6.15. The van der Waals surface area contributed by atoms with Gasteiger partial charge >= 0.3 is 18.3 Å². The Hall–Kier alpha value is 0.544. The minimum Gasteiger partial charge on any atom is -0.379 e. The zero-order chi connectivity index (χ0) is 21.3. The summed E-state index contributed by atoms with van der Waals surface area (Å²) in [7, 11) is 0.495. The average Bonchev–Trinajstić information content (AvgIpc) is 2.62. The first-order chi connectivity index (χ1) is 12.7. The van der Waals surface area contributed by atoms with Crippen LogP contribution in [0.4, 0.5) is 0 Å². The van der Waals surface area contributed by atoms with Crippen molar-refractivity contribution in [2.24, 2.45) is 17.8 Å². The fourth-order valence-electron chi connectivity index (χ4n) is 1.81. The van der Waals surface area contributed by atoms with Crippen molar-refractivity contribution in [1.82, 2.24) is 0 Å². The van der Waals surface area contributed by atoms with Gasteiger partial charge in [0.25, 0.3) is 0 Å². The molecule has 0 aliphatic rings. The van der Waals surface area contributed by atoms with Crippen molar-refractivity contribution in [3.63, 3.8) is 0 Å². The molecule has 27 heavy (non-hydrogen) atoms. The molecule has 0 heterocycles. The monoisotopic (exact) mass is 444 g/mol. The molecular formula is C18H44O6SSi2. The van der Waals surface area contributed by atoms with Crippen molar-refractivity contribution < 1.29 is 26.6 Å².